The standard InChI is InChI=1S/C32H43F2N5O3/c1-21-35-28-20-37(31(41)42-2)16-13-29(28)39(21)26-18-24-8-9-25(19-26)38(24)17-12-27(22-6-4-3-5-7-22)36-30(40)23-10-14-32(33,34)15-11-23/h3-7,23-27H,8-20H2,1-2H3,(H,36,40)/t24?,25?,26?,27-/m0/s1. The van der Waals surface area contributed by atoms with Crippen molar-refractivity contribution in [2.75, 3.05) is 20.2 Å². The number of benzene rings is 1. The quantitative estimate of drug-likeness (QED) is 0.462. The first-order valence-corrected chi connectivity index (χ1v) is 15.6. The summed E-state index contributed by atoms with van der Waals surface area (Å²) >= 11 is 0. The fourth-order valence-electron chi connectivity index (χ4n) is 8.01. The van der Waals surface area contributed by atoms with Crippen LogP contribution in [0, 0.1) is 12.8 Å². The number of aryl methyl sites for hydroxylation is 1. The lowest BCUT2D eigenvalue weighted by Gasteiger charge is -2.41. The van der Waals surface area contributed by atoms with Gasteiger partial charge in [0, 0.05) is 62.1 Å². The highest BCUT2D eigenvalue weighted by atomic mass is 19.3. The number of nitrogens with one attached hydrogen (secondary N) is 1. The summed E-state index contributed by atoms with van der Waals surface area (Å²) in [5, 5.41) is 3.25. The second-order valence-corrected chi connectivity index (χ2v) is 12.7. The molecule has 1 aliphatic carbocycles. The van der Waals surface area contributed by atoms with Crippen molar-refractivity contribution in [3.63, 3.8) is 0 Å². The molecule has 1 N–H and O–H groups in total. The molecule has 1 saturated carbocycles. The molecule has 4 aliphatic rings. The Kier molecular flexibility index (Phi) is 8.26. The largest absolute Gasteiger partial charge is 0.453 e. The van der Waals surface area contributed by atoms with Crippen LogP contribution < -0.4 is 5.32 Å². The predicted molar refractivity (Wildman–Crippen MR) is 154 cm³/mol. The maximum absolute atomic E-state index is 13.7. The number of amides is 2. The van der Waals surface area contributed by atoms with Crippen molar-refractivity contribution >= 4 is 12.0 Å². The molecule has 228 valence electrons. The van der Waals surface area contributed by atoms with Gasteiger partial charge in [-0.05, 0) is 57.4 Å². The third-order valence-electron chi connectivity index (χ3n) is 10.2. The highest BCUT2D eigenvalue weighted by Gasteiger charge is 2.43. The third kappa shape index (κ3) is 5.92. The summed E-state index contributed by atoms with van der Waals surface area (Å²) in [7, 11) is 1.42. The number of ether oxygens (including phenoxy) is 1. The topological polar surface area (TPSA) is 79.7 Å². The third-order valence-corrected chi connectivity index (χ3v) is 10.2. The average Bonchev–Trinajstić information content (AvgIpc) is 3.44. The Morgan fingerprint density at radius 3 is 2.43 bits per heavy atom. The van der Waals surface area contributed by atoms with E-state index in [-0.39, 0.29) is 49.6 Å². The number of imidazole rings is 1. The number of methoxy groups -OCH3 is 1. The zero-order chi connectivity index (χ0) is 29.4. The summed E-state index contributed by atoms with van der Waals surface area (Å²) in [6.45, 7) is 4.11. The Morgan fingerprint density at radius 2 is 1.76 bits per heavy atom. The van der Waals surface area contributed by atoms with Crippen molar-refractivity contribution in [2.45, 2.75) is 108 Å². The lowest BCUT2D eigenvalue weighted by molar-refractivity contribution is -0.130. The van der Waals surface area contributed by atoms with Gasteiger partial charge in [-0.25, -0.2) is 18.6 Å². The van der Waals surface area contributed by atoms with Crippen LogP contribution in [0.5, 0.6) is 0 Å². The van der Waals surface area contributed by atoms with Crippen molar-refractivity contribution < 1.29 is 23.1 Å². The maximum atomic E-state index is 13.7. The minimum Gasteiger partial charge on any atom is -0.453 e. The van der Waals surface area contributed by atoms with E-state index in [0.717, 1.165) is 49.3 Å². The Bertz CT molecular complexity index is 1260. The van der Waals surface area contributed by atoms with E-state index >= 15 is 0 Å². The highest BCUT2D eigenvalue weighted by Crippen LogP contribution is 2.43. The number of fused-ring (bicyclic) bond motifs is 3. The van der Waals surface area contributed by atoms with E-state index in [1.54, 1.807) is 4.90 Å². The van der Waals surface area contributed by atoms with Gasteiger partial charge < -0.3 is 19.5 Å². The molecule has 8 nitrogen and oxygen atoms in total. The minimum atomic E-state index is -2.64. The van der Waals surface area contributed by atoms with Gasteiger partial charge in [0.25, 0.3) is 0 Å². The van der Waals surface area contributed by atoms with Gasteiger partial charge in [0.05, 0.1) is 25.4 Å². The van der Waals surface area contributed by atoms with Crippen molar-refractivity contribution in [3.8, 4) is 0 Å². The molecular weight excluding hydrogens is 540 g/mol. The van der Waals surface area contributed by atoms with Gasteiger partial charge >= 0.3 is 6.09 Å². The summed E-state index contributed by atoms with van der Waals surface area (Å²) in [5.74, 6) is -2.05. The fourth-order valence-corrected chi connectivity index (χ4v) is 8.01. The van der Waals surface area contributed by atoms with Crippen LogP contribution in [-0.2, 0) is 22.5 Å². The highest BCUT2D eigenvalue weighted by molar-refractivity contribution is 5.79. The fraction of sp³-hybridized carbons (Fsp3) is 0.656. The smallest absolute Gasteiger partial charge is 0.409 e. The zero-order valence-electron chi connectivity index (χ0n) is 24.7. The Hall–Kier alpha value is -3.01. The summed E-state index contributed by atoms with van der Waals surface area (Å²) in [5.41, 5.74) is 3.32. The van der Waals surface area contributed by atoms with Crippen molar-refractivity contribution in [2.24, 2.45) is 5.92 Å². The first-order valence-electron chi connectivity index (χ1n) is 15.6. The zero-order valence-corrected chi connectivity index (χ0v) is 24.7. The lowest BCUT2D eigenvalue weighted by Crippen LogP contribution is -2.45. The second kappa shape index (κ2) is 11.9. The number of halogens is 2. The van der Waals surface area contributed by atoms with Crippen LogP contribution in [0.2, 0.25) is 0 Å². The molecule has 2 amide bonds. The molecule has 2 saturated heterocycles. The van der Waals surface area contributed by atoms with Crippen LogP contribution in [-0.4, -0.2) is 69.6 Å². The molecule has 0 spiro atoms. The number of aromatic nitrogens is 2. The average molecular weight is 584 g/mol. The molecular formula is C32H43F2N5O3. The molecule has 4 heterocycles. The van der Waals surface area contributed by atoms with Crippen LogP contribution >= 0.6 is 0 Å². The molecule has 0 radical (unpaired) electrons. The first kappa shape index (κ1) is 29.1. The number of rotatable bonds is 7. The normalized spacial score (nSPS) is 26.5. The van der Waals surface area contributed by atoms with Gasteiger partial charge in [-0.2, -0.15) is 0 Å². The number of piperidine rings is 1. The number of hydrogen-bond donors (Lipinski definition) is 1. The number of hydrogen-bond acceptors (Lipinski definition) is 5. The van der Waals surface area contributed by atoms with E-state index in [4.69, 9.17) is 9.72 Å². The van der Waals surface area contributed by atoms with E-state index in [1.165, 1.54) is 25.6 Å². The van der Waals surface area contributed by atoms with Crippen molar-refractivity contribution in [3.05, 3.63) is 53.1 Å². The van der Waals surface area contributed by atoms with Crippen LogP contribution in [0.4, 0.5) is 13.6 Å². The van der Waals surface area contributed by atoms with E-state index < -0.39 is 5.92 Å². The summed E-state index contributed by atoms with van der Waals surface area (Å²) < 4.78 is 34.8. The van der Waals surface area contributed by atoms with Gasteiger partial charge in [0.1, 0.15) is 5.82 Å². The van der Waals surface area contributed by atoms with E-state index in [9.17, 15) is 18.4 Å². The molecule has 10 heteroatoms. The minimum absolute atomic E-state index is 0.0906. The Labute approximate surface area is 246 Å². The lowest BCUT2D eigenvalue weighted by atomic mass is 9.86. The molecule has 42 heavy (non-hydrogen) atoms. The van der Waals surface area contributed by atoms with Gasteiger partial charge in [0.15, 0.2) is 0 Å². The van der Waals surface area contributed by atoms with Gasteiger partial charge in [-0.3, -0.25) is 9.69 Å². The molecule has 2 aromatic rings. The molecule has 3 aliphatic heterocycles. The molecule has 1 aromatic heterocycles. The van der Waals surface area contributed by atoms with Crippen molar-refractivity contribution in [1.29, 1.82) is 0 Å². The predicted octanol–water partition coefficient (Wildman–Crippen LogP) is 5.56. The molecule has 3 fully saturated rings. The monoisotopic (exact) mass is 583 g/mol. The Morgan fingerprint density at radius 1 is 1.07 bits per heavy atom. The molecule has 6 rings (SSSR count). The first-order chi connectivity index (χ1) is 20.2. The van der Waals surface area contributed by atoms with Crippen LogP contribution in [0.15, 0.2) is 30.3 Å². The van der Waals surface area contributed by atoms with E-state index in [0.29, 0.717) is 31.2 Å². The van der Waals surface area contributed by atoms with Gasteiger partial charge in [-0.1, -0.05) is 30.3 Å². The SMILES string of the molecule is COC(=O)N1CCc2c(nc(C)n2C2CC3CCC(C2)N3CC[C@H](NC(=O)C2CCC(F)(F)CC2)c2ccccc2)C1. The van der Waals surface area contributed by atoms with Crippen LogP contribution in [0.25, 0.3) is 0 Å². The second-order valence-electron chi connectivity index (χ2n) is 12.7. The molecule has 1 aromatic carbocycles. The molecule has 2 bridgehead atoms. The summed E-state index contributed by atoms with van der Waals surface area (Å²) in [6, 6.07) is 11.3. The van der Waals surface area contributed by atoms with Crippen LogP contribution in [0.1, 0.15) is 92.6 Å². The maximum Gasteiger partial charge on any atom is 0.409 e. The van der Waals surface area contributed by atoms with Gasteiger partial charge in [0.2, 0.25) is 11.8 Å². The van der Waals surface area contributed by atoms with E-state index in [1.807, 2.05) is 30.3 Å². The molecule has 3 atom stereocenters. The van der Waals surface area contributed by atoms with Gasteiger partial charge in [-0.15, -0.1) is 0 Å². The van der Waals surface area contributed by atoms with Crippen LogP contribution in [0.3, 0.4) is 0 Å². The number of carbonyl (C=O) groups excluding carboxylic acids is 2. The molecule has 2 unspecified atom stereocenters. The summed E-state index contributed by atoms with van der Waals surface area (Å²) in [6.07, 6.45) is 5.84. The summed E-state index contributed by atoms with van der Waals surface area (Å²) in [4.78, 5) is 34.5. The number of nitrogens with zero attached hydrogens (tertiary/aromatic N) is 4. The number of carbonyl (C=O) groups is 2. The number of alkyl halides is 2. The Balaban J connectivity index is 1.11. The van der Waals surface area contributed by atoms with E-state index in [2.05, 4.69) is 21.7 Å². The van der Waals surface area contributed by atoms with Crippen molar-refractivity contribution in [1.82, 2.24) is 24.7 Å².